The molecular formula is C14H23N3. The van der Waals surface area contributed by atoms with Gasteiger partial charge in [0, 0.05) is 45.1 Å². The molecule has 1 aromatic rings. The van der Waals surface area contributed by atoms with Gasteiger partial charge in [-0.15, -0.1) is 0 Å². The summed E-state index contributed by atoms with van der Waals surface area (Å²) < 4.78 is 2.18. The predicted molar refractivity (Wildman–Crippen MR) is 69.9 cm³/mol. The normalized spacial score (nSPS) is 24.5. The lowest BCUT2D eigenvalue weighted by atomic mass is 10.0. The van der Waals surface area contributed by atoms with E-state index in [2.05, 4.69) is 40.3 Å². The topological polar surface area (TPSA) is 20.2 Å². The van der Waals surface area contributed by atoms with E-state index in [-0.39, 0.29) is 0 Å². The van der Waals surface area contributed by atoms with Gasteiger partial charge in [-0.3, -0.25) is 4.90 Å². The Hall–Kier alpha value is -0.800. The molecule has 0 bridgehead atoms. The van der Waals surface area contributed by atoms with E-state index >= 15 is 0 Å². The lowest BCUT2D eigenvalue weighted by Gasteiger charge is -2.30. The van der Waals surface area contributed by atoms with Gasteiger partial charge in [0.2, 0.25) is 0 Å². The van der Waals surface area contributed by atoms with Crippen molar-refractivity contribution in [3.8, 4) is 0 Å². The monoisotopic (exact) mass is 233 g/mol. The van der Waals surface area contributed by atoms with Crippen LogP contribution in [0.25, 0.3) is 0 Å². The van der Waals surface area contributed by atoms with Gasteiger partial charge >= 0.3 is 0 Å². The molecule has 0 radical (unpaired) electrons. The Morgan fingerprint density at radius 3 is 2.88 bits per heavy atom. The molecule has 1 unspecified atom stereocenters. The van der Waals surface area contributed by atoms with Crippen LogP contribution < -0.4 is 5.32 Å². The maximum absolute atomic E-state index is 3.50. The van der Waals surface area contributed by atoms with E-state index in [0.29, 0.717) is 6.04 Å². The molecule has 1 atom stereocenters. The molecular weight excluding hydrogens is 210 g/mol. The van der Waals surface area contributed by atoms with E-state index in [0.717, 1.165) is 12.5 Å². The van der Waals surface area contributed by atoms with Crippen LogP contribution in [-0.4, -0.2) is 35.6 Å². The van der Waals surface area contributed by atoms with Crippen molar-refractivity contribution in [2.45, 2.75) is 25.3 Å². The van der Waals surface area contributed by atoms with Crippen molar-refractivity contribution in [1.82, 2.24) is 14.8 Å². The minimum atomic E-state index is 0.677. The summed E-state index contributed by atoms with van der Waals surface area (Å²) in [6.07, 6.45) is 8.62. The highest BCUT2D eigenvalue weighted by Crippen LogP contribution is 2.44. The summed E-state index contributed by atoms with van der Waals surface area (Å²) in [6, 6.07) is 2.98. The van der Waals surface area contributed by atoms with Gasteiger partial charge in [-0.25, -0.2) is 0 Å². The second kappa shape index (κ2) is 4.83. The number of aryl methyl sites for hydroxylation is 1. The van der Waals surface area contributed by atoms with E-state index in [1.165, 1.54) is 44.5 Å². The number of nitrogens with one attached hydrogen (secondary N) is 1. The minimum Gasteiger partial charge on any atom is -0.357 e. The van der Waals surface area contributed by atoms with Gasteiger partial charge in [0.1, 0.15) is 0 Å². The van der Waals surface area contributed by atoms with Crippen molar-refractivity contribution < 1.29 is 0 Å². The van der Waals surface area contributed by atoms with Gasteiger partial charge in [-0.05, 0) is 43.4 Å². The van der Waals surface area contributed by atoms with Crippen LogP contribution in [0.15, 0.2) is 18.5 Å². The summed E-state index contributed by atoms with van der Waals surface area (Å²) in [4.78, 5) is 2.70. The summed E-state index contributed by atoms with van der Waals surface area (Å²) in [5, 5.41) is 3.50. The average Bonchev–Trinajstić information content (AvgIpc) is 3.09. The summed E-state index contributed by atoms with van der Waals surface area (Å²) in [7, 11) is 2.12. The lowest BCUT2D eigenvalue weighted by Crippen LogP contribution is -2.33. The quantitative estimate of drug-likeness (QED) is 0.858. The Kier molecular flexibility index (Phi) is 3.21. The zero-order chi connectivity index (χ0) is 11.7. The molecule has 1 aliphatic carbocycles. The molecule has 1 aromatic heterocycles. The third-order valence-corrected chi connectivity index (χ3v) is 4.03. The van der Waals surface area contributed by atoms with Crippen LogP contribution in [0.5, 0.6) is 0 Å². The maximum atomic E-state index is 3.50. The van der Waals surface area contributed by atoms with Gasteiger partial charge in [-0.2, -0.15) is 0 Å². The Morgan fingerprint density at radius 1 is 1.29 bits per heavy atom. The molecule has 0 aromatic carbocycles. The highest BCUT2D eigenvalue weighted by atomic mass is 15.2. The van der Waals surface area contributed by atoms with Crippen molar-refractivity contribution in [3.63, 3.8) is 0 Å². The largest absolute Gasteiger partial charge is 0.357 e. The molecule has 1 aliphatic heterocycles. The van der Waals surface area contributed by atoms with E-state index in [1.807, 2.05) is 0 Å². The Morgan fingerprint density at radius 2 is 2.18 bits per heavy atom. The summed E-state index contributed by atoms with van der Waals surface area (Å²) >= 11 is 0. The molecule has 0 amide bonds. The average molecular weight is 233 g/mol. The molecule has 2 heterocycles. The number of hydrogen-bond acceptors (Lipinski definition) is 2. The molecule has 1 N–H and O–H groups in total. The summed E-state index contributed by atoms with van der Waals surface area (Å²) in [5.74, 6) is 0.912. The second-order valence-electron chi connectivity index (χ2n) is 5.53. The smallest absolute Gasteiger partial charge is 0.0391 e. The SMILES string of the molecule is Cn1ccc(C(C2CC2)N2CCCNCC2)c1. The van der Waals surface area contributed by atoms with Gasteiger partial charge < -0.3 is 9.88 Å². The molecule has 3 rings (SSSR count). The zero-order valence-electron chi connectivity index (χ0n) is 10.7. The highest BCUT2D eigenvalue weighted by molar-refractivity contribution is 5.18. The summed E-state index contributed by atoms with van der Waals surface area (Å²) in [6.45, 7) is 4.79. The first kappa shape index (κ1) is 11.3. The Bertz CT molecular complexity index is 359. The van der Waals surface area contributed by atoms with Crippen molar-refractivity contribution in [3.05, 3.63) is 24.0 Å². The maximum Gasteiger partial charge on any atom is 0.0391 e. The van der Waals surface area contributed by atoms with Crippen LogP contribution in [0, 0.1) is 5.92 Å². The zero-order valence-corrected chi connectivity index (χ0v) is 10.7. The second-order valence-corrected chi connectivity index (χ2v) is 5.53. The first-order valence-corrected chi connectivity index (χ1v) is 6.91. The highest BCUT2D eigenvalue weighted by Gasteiger charge is 2.36. The standard InChI is InChI=1S/C14H23N3/c1-16-9-5-13(11-16)14(12-3-4-12)17-8-2-6-15-7-10-17/h5,9,11-12,14-15H,2-4,6-8,10H2,1H3. The van der Waals surface area contributed by atoms with Crippen molar-refractivity contribution in [2.24, 2.45) is 13.0 Å². The summed E-state index contributed by atoms with van der Waals surface area (Å²) in [5.41, 5.74) is 1.52. The fourth-order valence-corrected chi connectivity index (χ4v) is 3.04. The number of nitrogens with zero attached hydrogens (tertiary/aromatic N) is 2. The Balaban J connectivity index is 1.78. The van der Waals surface area contributed by atoms with Crippen molar-refractivity contribution in [2.75, 3.05) is 26.2 Å². The Labute approximate surface area is 104 Å². The van der Waals surface area contributed by atoms with Crippen molar-refractivity contribution >= 4 is 0 Å². The minimum absolute atomic E-state index is 0.677. The third kappa shape index (κ3) is 2.55. The molecule has 1 saturated carbocycles. The van der Waals surface area contributed by atoms with Gasteiger partial charge in [0.15, 0.2) is 0 Å². The number of aromatic nitrogens is 1. The number of rotatable bonds is 3. The van der Waals surface area contributed by atoms with Gasteiger partial charge in [-0.1, -0.05) is 0 Å². The van der Waals surface area contributed by atoms with Crippen LogP contribution in [0.2, 0.25) is 0 Å². The molecule has 2 fully saturated rings. The first-order valence-electron chi connectivity index (χ1n) is 6.91. The van der Waals surface area contributed by atoms with Crippen LogP contribution >= 0.6 is 0 Å². The van der Waals surface area contributed by atoms with E-state index in [4.69, 9.17) is 0 Å². The van der Waals surface area contributed by atoms with Gasteiger partial charge in [0.05, 0.1) is 0 Å². The third-order valence-electron chi connectivity index (χ3n) is 4.03. The fourth-order valence-electron chi connectivity index (χ4n) is 3.04. The van der Waals surface area contributed by atoms with Crippen LogP contribution in [0.3, 0.4) is 0 Å². The molecule has 3 nitrogen and oxygen atoms in total. The van der Waals surface area contributed by atoms with Crippen molar-refractivity contribution in [1.29, 1.82) is 0 Å². The first-order chi connectivity index (χ1) is 8.34. The number of hydrogen-bond donors (Lipinski definition) is 1. The molecule has 0 spiro atoms. The van der Waals surface area contributed by atoms with E-state index < -0.39 is 0 Å². The van der Waals surface area contributed by atoms with Crippen LogP contribution in [-0.2, 0) is 7.05 Å². The molecule has 17 heavy (non-hydrogen) atoms. The molecule has 2 aliphatic rings. The van der Waals surface area contributed by atoms with E-state index in [9.17, 15) is 0 Å². The molecule has 3 heteroatoms. The molecule has 94 valence electrons. The fraction of sp³-hybridized carbons (Fsp3) is 0.714. The predicted octanol–water partition coefficient (Wildman–Crippen LogP) is 1.77. The van der Waals surface area contributed by atoms with Crippen LogP contribution in [0.4, 0.5) is 0 Å². The lowest BCUT2D eigenvalue weighted by molar-refractivity contribution is 0.189. The van der Waals surface area contributed by atoms with Gasteiger partial charge in [0.25, 0.3) is 0 Å². The molecule has 1 saturated heterocycles. The van der Waals surface area contributed by atoms with Crippen LogP contribution in [0.1, 0.15) is 30.9 Å². The van der Waals surface area contributed by atoms with E-state index in [1.54, 1.807) is 0 Å².